The van der Waals surface area contributed by atoms with Crippen LogP contribution in [0.1, 0.15) is 31.0 Å². The molecule has 4 heteroatoms. The quantitative estimate of drug-likeness (QED) is 0.881. The summed E-state index contributed by atoms with van der Waals surface area (Å²) in [6.45, 7) is 7.12. The molecule has 96 valence electrons. The molecule has 1 aliphatic heterocycles. The van der Waals surface area contributed by atoms with Crippen LogP contribution in [0.25, 0.3) is 0 Å². The molecule has 18 heavy (non-hydrogen) atoms. The zero-order valence-electron chi connectivity index (χ0n) is 11.1. The van der Waals surface area contributed by atoms with Crippen LogP contribution in [0.4, 0.5) is 5.82 Å². The molecule has 0 radical (unpaired) electrons. The number of hydrogen-bond acceptors (Lipinski definition) is 4. The first kappa shape index (κ1) is 12.8. The summed E-state index contributed by atoms with van der Waals surface area (Å²) in [5.41, 5.74) is 1.60. The highest BCUT2D eigenvalue weighted by Crippen LogP contribution is 2.20. The summed E-state index contributed by atoms with van der Waals surface area (Å²) < 4.78 is 0. The van der Waals surface area contributed by atoms with Crippen LogP contribution in [0.5, 0.6) is 0 Å². The van der Waals surface area contributed by atoms with Gasteiger partial charge in [0.1, 0.15) is 5.82 Å². The minimum atomic E-state index is 0.490. The predicted molar refractivity (Wildman–Crippen MR) is 72.6 cm³/mol. The third-order valence-electron chi connectivity index (χ3n) is 3.42. The Morgan fingerprint density at radius 1 is 1.56 bits per heavy atom. The van der Waals surface area contributed by atoms with Gasteiger partial charge in [0.25, 0.3) is 0 Å². The summed E-state index contributed by atoms with van der Waals surface area (Å²) in [7, 11) is 0. The van der Waals surface area contributed by atoms with Crippen LogP contribution in [0.2, 0.25) is 0 Å². The number of nitrogens with one attached hydrogen (secondary N) is 1. The fourth-order valence-electron chi connectivity index (χ4n) is 2.57. The zero-order valence-corrected chi connectivity index (χ0v) is 11.1. The Kier molecular flexibility index (Phi) is 4.16. The minimum Gasteiger partial charge on any atom is -0.353 e. The Hall–Kier alpha value is -1.60. The van der Waals surface area contributed by atoms with Gasteiger partial charge in [-0.15, -0.1) is 0 Å². The number of pyridine rings is 1. The maximum absolute atomic E-state index is 9.04. The largest absolute Gasteiger partial charge is 0.353 e. The van der Waals surface area contributed by atoms with Crippen LogP contribution in [-0.4, -0.2) is 30.7 Å². The molecule has 1 aliphatic rings. The van der Waals surface area contributed by atoms with Crippen molar-refractivity contribution >= 4 is 5.82 Å². The molecule has 0 amide bonds. The van der Waals surface area contributed by atoms with E-state index in [9.17, 15) is 0 Å². The first-order valence-electron chi connectivity index (χ1n) is 6.60. The number of aryl methyl sites for hydroxylation is 1. The van der Waals surface area contributed by atoms with Gasteiger partial charge in [-0.1, -0.05) is 0 Å². The molecule has 2 heterocycles. The van der Waals surface area contributed by atoms with Crippen molar-refractivity contribution in [2.45, 2.75) is 32.7 Å². The third kappa shape index (κ3) is 2.80. The maximum atomic E-state index is 9.04. The average molecular weight is 244 g/mol. The van der Waals surface area contributed by atoms with Crippen molar-refractivity contribution in [1.29, 1.82) is 5.26 Å². The van der Waals surface area contributed by atoms with Gasteiger partial charge in [-0.25, -0.2) is 4.98 Å². The standard InChI is InChI=1S/C14H20N4/c1-3-18(13-5-4-6-16-10-13)14-8-12(9-15)7-11(2)17-14/h7-8,13,16H,3-6,10H2,1-2H3. The molecule has 1 unspecified atom stereocenters. The van der Waals surface area contributed by atoms with Crippen LogP contribution in [0.15, 0.2) is 12.1 Å². The van der Waals surface area contributed by atoms with E-state index >= 15 is 0 Å². The molecule has 0 saturated carbocycles. The Labute approximate surface area is 109 Å². The van der Waals surface area contributed by atoms with Crippen molar-refractivity contribution in [3.8, 4) is 6.07 Å². The number of likely N-dealkylation sites (N-methyl/N-ethyl adjacent to an activating group) is 1. The number of nitriles is 1. The third-order valence-corrected chi connectivity index (χ3v) is 3.42. The lowest BCUT2D eigenvalue weighted by Gasteiger charge is -2.35. The number of hydrogen-bond donors (Lipinski definition) is 1. The molecule has 1 aromatic rings. The Morgan fingerprint density at radius 2 is 2.39 bits per heavy atom. The average Bonchev–Trinajstić information content (AvgIpc) is 2.40. The number of rotatable bonds is 3. The molecule has 1 N–H and O–H groups in total. The lowest BCUT2D eigenvalue weighted by Crippen LogP contribution is -2.46. The summed E-state index contributed by atoms with van der Waals surface area (Å²) in [5, 5.41) is 12.5. The molecule has 2 rings (SSSR count). The molecule has 0 aliphatic carbocycles. The van der Waals surface area contributed by atoms with E-state index in [1.807, 2.05) is 19.1 Å². The minimum absolute atomic E-state index is 0.490. The van der Waals surface area contributed by atoms with Gasteiger partial charge in [0.15, 0.2) is 0 Å². The molecule has 0 aromatic carbocycles. The smallest absolute Gasteiger partial charge is 0.130 e. The second-order valence-electron chi connectivity index (χ2n) is 4.75. The van der Waals surface area contributed by atoms with Gasteiger partial charge in [0, 0.05) is 24.8 Å². The van der Waals surface area contributed by atoms with Crippen LogP contribution < -0.4 is 10.2 Å². The van der Waals surface area contributed by atoms with Gasteiger partial charge in [-0.2, -0.15) is 5.26 Å². The Bertz CT molecular complexity index is 444. The second-order valence-corrected chi connectivity index (χ2v) is 4.75. The highest BCUT2D eigenvalue weighted by Gasteiger charge is 2.21. The Balaban J connectivity index is 2.26. The Morgan fingerprint density at radius 3 is 3.00 bits per heavy atom. The van der Waals surface area contributed by atoms with E-state index in [0.717, 1.165) is 31.1 Å². The fraction of sp³-hybridized carbons (Fsp3) is 0.571. The van der Waals surface area contributed by atoms with Crippen molar-refractivity contribution in [3.63, 3.8) is 0 Å². The normalized spacial score (nSPS) is 19.3. The lowest BCUT2D eigenvalue weighted by molar-refractivity contribution is 0.433. The van der Waals surface area contributed by atoms with Crippen LogP contribution in [-0.2, 0) is 0 Å². The van der Waals surface area contributed by atoms with E-state index in [2.05, 4.69) is 28.2 Å². The van der Waals surface area contributed by atoms with Gasteiger partial charge < -0.3 is 10.2 Å². The summed E-state index contributed by atoms with van der Waals surface area (Å²) >= 11 is 0. The molecule has 1 fully saturated rings. The lowest BCUT2D eigenvalue weighted by atomic mass is 10.1. The van der Waals surface area contributed by atoms with Crippen LogP contribution >= 0.6 is 0 Å². The first-order chi connectivity index (χ1) is 8.74. The number of piperidine rings is 1. The van der Waals surface area contributed by atoms with E-state index in [-0.39, 0.29) is 0 Å². The second kappa shape index (κ2) is 5.83. The van der Waals surface area contributed by atoms with Crippen LogP contribution in [0, 0.1) is 18.3 Å². The number of nitrogens with zero attached hydrogens (tertiary/aromatic N) is 3. The van der Waals surface area contributed by atoms with E-state index < -0.39 is 0 Å². The van der Waals surface area contributed by atoms with Crippen molar-refractivity contribution in [2.75, 3.05) is 24.5 Å². The van der Waals surface area contributed by atoms with Gasteiger partial charge in [0.2, 0.25) is 0 Å². The van der Waals surface area contributed by atoms with E-state index in [4.69, 9.17) is 5.26 Å². The molecule has 1 saturated heterocycles. The van der Waals surface area contributed by atoms with Gasteiger partial charge >= 0.3 is 0 Å². The number of aromatic nitrogens is 1. The summed E-state index contributed by atoms with van der Waals surface area (Å²) in [4.78, 5) is 6.88. The zero-order chi connectivity index (χ0) is 13.0. The van der Waals surface area contributed by atoms with Gasteiger partial charge in [0.05, 0.1) is 11.6 Å². The van der Waals surface area contributed by atoms with E-state index in [1.165, 1.54) is 12.8 Å². The van der Waals surface area contributed by atoms with Crippen molar-refractivity contribution < 1.29 is 0 Å². The first-order valence-corrected chi connectivity index (χ1v) is 6.60. The monoisotopic (exact) mass is 244 g/mol. The van der Waals surface area contributed by atoms with Crippen molar-refractivity contribution in [2.24, 2.45) is 0 Å². The highest BCUT2D eigenvalue weighted by atomic mass is 15.2. The fourth-order valence-corrected chi connectivity index (χ4v) is 2.57. The SMILES string of the molecule is CCN(c1cc(C#N)cc(C)n1)C1CCCNC1. The molecular formula is C14H20N4. The van der Waals surface area contributed by atoms with Crippen molar-refractivity contribution in [3.05, 3.63) is 23.4 Å². The molecule has 1 atom stereocenters. The highest BCUT2D eigenvalue weighted by molar-refractivity contribution is 5.47. The van der Waals surface area contributed by atoms with Gasteiger partial charge in [-0.05, 0) is 45.4 Å². The molecular weight excluding hydrogens is 224 g/mol. The van der Waals surface area contributed by atoms with Gasteiger partial charge in [-0.3, -0.25) is 0 Å². The predicted octanol–water partition coefficient (Wildman–Crippen LogP) is 1.84. The van der Waals surface area contributed by atoms with E-state index in [1.54, 1.807) is 0 Å². The molecule has 4 nitrogen and oxygen atoms in total. The number of anilines is 1. The molecule has 0 spiro atoms. The summed E-state index contributed by atoms with van der Waals surface area (Å²) in [6, 6.07) is 6.42. The van der Waals surface area contributed by atoms with Crippen molar-refractivity contribution in [1.82, 2.24) is 10.3 Å². The maximum Gasteiger partial charge on any atom is 0.130 e. The van der Waals surface area contributed by atoms with E-state index in [0.29, 0.717) is 11.6 Å². The topological polar surface area (TPSA) is 52.0 Å². The van der Waals surface area contributed by atoms with Crippen LogP contribution in [0.3, 0.4) is 0 Å². The summed E-state index contributed by atoms with van der Waals surface area (Å²) in [6.07, 6.45) is 2.40. The summed E-state index contributed by atoms with van der Waals surface area (Å²) in [5.74, 6) is 0.933. The molecule has 1 aromatic heterocycles. The molecule has 0 bridgehead atoms.